The standard InChI is InChI=1S/C21H23N3O/c1-14(2)20(21-22-17-11-7-8-12-18(17)23-21)24-19(25)13-15(3)16-9-5-4-6-10-16/h4-14,20H,1-3H3,(H,22,23)(H,24,25)/b15-13-. The number of fused-ring (bicyclic) bond motifs is 1. The van der Waals surface area contributed by atoms with Gasteiger partial charge in [-0.15, -0.1) is 0 Å². The van der Waals surface area contributed by atoms with Gasteiger partial charge in [-0.2, -0.15) is 0 Å². The van der Waals surface area contributed by atoms with E-state index in [4.69, 9.17) is 0 Å². The highest BCUT2D eigenvalue weighted by Gasteiger charge is 2.21. The normalized spacial score (nSPS) is 13.2. The minimum absolute atomic E-state index is 0.111. The molecule has 0 spiro atoms. The average molecular weight is 333 g/mol. The number of imidazole rings is 1. The molecule has 0 aliphatic carbocycles. The molecule has 1 atom stereocenters. The number of amides is 1. The first kappa shape index (κ1) is 17.0. The van der Waals surface area contributed by atoms with Crippen molar-refractivity contribution >= 4 is 22.5 Å². The smallest absolute Gasteiger partial charge is 0.244 e. The van der Waals surface area contributed by atoms with E-state index in [0.29, 0.717) is 0 Å². The Morgan fingerprint density at radius 3 is 2.44 bits per heavy atom. The molecular formula is C21H23N3O. The Morgan fingerprint density at radius 2 is 1.76 bits per heavy atom. The molecule has 3 rings (SSSR count). The van der Waals surface area contributed by atoms with E-state index in [0.717, 1.165) is 28.0 Å². The number of hydrogen-bond donors (Lipinski definition) is 2. The number of hydrogen-bond acceptors (Lipinski definition) is 2. The molecule has 2 N–H and O–H groups in total. The minimum Gasteiger partial charge on any atom is -0.342 e. The van der Waals surface area contributed by atoms with Gasteiger partial charge in [0.2, 0.25) is 5.91 Å². The van der Waals surface area contributed by atoms with Gasteiger partial charge in [0.1, 0.15) is 5.82 Å². The lowest BCUT2D eigenvalue weighted by molar-refractivity contribution is -0.117. The molecule has 0 fully saturated rings. The number of nitrogens with zero attached hydrogens (tertiary/aromatic N) is 1. The van der Waals surface area contributed by atoms with Crippen LogP contribution in [0.25, 0.3) is 16.6 Å². The topological polar surface area (TPSA) is 57.8 Å². The number of carbonyl (C=O) groups excluding carboxylic acids is 1. The highest BCUT2D eigenvalue weighted by atomic mass is 16.1. The van der Waals surface area contributed by atoms with Crippen LogP contribution in [0.3, 0.4) is 0 Å². The van der Waals surface area contributed by atoms with E-state index < -0.39 is 0 Å². The van der Waals surface area contributed by atoms with Gasteiger partial charge >= 0.3 is 0 Å². The molecule has 4 nitrogen and oxygen atoms in total. The van der Waals surface area contributed by atoms with E-state index >= 15 is 0 Å². The molecule has 1 heterocycles. The Morgan fingerprint density at radius 1 is 1.08 bits per heavy atom. The van der Waals surface area contributed by atoms with Gasteiger partial charge in [-0.3, -0.25) is 4.79 Å². The van der Waals surface area contributed by atoms with Crippen LogP contribution in [0.5, 0.6) is 0 Å². The van der Waals surface area contributed by atoms with Crippen LogP contribution in [0.2, 0.25) is 0 Å². The molecule has 0 saturated heterocycles. The molecule has 1 aromatic heterocycles. The quantitative estimate of drug-likeness (QED) is 0.676. The molecule has 0 radical (unpaired) electrons. The number of allylic oxidation sites excluding steroid dienone is 1. The summed E-state index contributed by atoms with van der Waals surface area (Å²) >= 11 is 0. The minimum atomic E-state index is -0.167. The Balaban J connectivity index is 1.81. The third kappa shape index (κ3) is 3.97. The second-order valence-electron chi connectivity index (χ2n) is 6.56. The summed E-state index contributed by atoms with van der Waals surface area (Å²) in [4.78, 5) is 20.5. The molecule has 2 aromatic carbocycles. The second-order valence-corrected chi connectivity index (χ2v) is 6.56. The molecule has 0 aliphatic heterocycles. The van der Waals surface area contributed by atoms with Crippen LogP contribution in [-0.2, 0) is 4.79 Å². The lowest BCUT2D eigenvalue weighted by atomic mass is 10.0. The maximum atomic E-state index is 12.5. The Hall–Kier alpha value is -2.88. The van der Waals surface area contributed by atoms with Crippen molar-refractivity contribution in [3.05, 3.63) is 72.1 Å². The molecule has 25 heavy (non-hydrogen) atoms. The van der Waals surface area contributed by atoms with Gasteiger partial charge in [0.15, 0.2) is 0 Å². The van der Waals surface area contributed by atoms with Crippen molar-refractivity contribution in [2.75, 3.05) is 0 Å². The predicted octanol–water partition coefficient (Wildman–Crippen LogP) is 4.48. The fourth-order valence-electron chi connectivity index (χ4n) is 2.85. The number of aromatic nitrogens is 2. The van der Waals surface area contributed by atoms with Crippen LogP contribution >= 0.6 is 0 Å². The van der Waals surface area contributed by atoms with Gasteiger partial charge in [0, 0.05) is 6.08 Å². The van der Waals surface area contributed by atoms with Crippen molar-refractivity contribution in [1.82, 2.24) is 15.3 Å². The number of rotatable bonds is 5. The van der Waals surface area contributed by atoms with E-state index in [1.165, 1.54) is 0 Å². The van der Waals surface area contributed by atoms with Gasteiger partial charge in [-0.05, 0) is 36.1 Å². The molecule has 3 aromatic rings. The first-order chi connectivity index (χ1) is 12.0. The van der Waals surface area contributed by atoms with Gasteiger partial charge in [-0.25, -0.2) is 4.98 Å². The van der Waals surface area contributed by atoms with Crippen molar-refractivity contribution in [3.8, 4) is 0 Å². The van der Waals surface area contributed by atoms with Crippen LogP contribution in [-0.4, -0.2) is 15.9 Å². The maximum absolute atomic E-state index is 12.5. The highest BCUT2D eigenvalue weighted by molar-refractivity contribution is 5.95. The van der Waals surface area contributed by atoms with Crippen LogP contribution in [0.15, 0.2) is 60.7 Å². The third-order valence-corrected chi connectivity index (χ3v) is 4.24. The Kier molecular flexibility index (Phi) is 4.98. The summed E-state index contributed by atoms with van der Waals surface area (Å²) in [5.41, 5.74) is 3.87. The number of aromatic amines is 1. The number of benzene rings is 2. The Bertz CT molecular complexity index is 861. The predicted molar refractivity (Wildman–Crippen MR) is 102 cm³/mol. The SMILES string of the molecule is C/C(=C/C(=O)NC(c1nc2ccccc2[nH]1)C(C)C)c1ccccc1. The van der Waals surface area contributed by atoms with E-state index in [-0.39, 0.29) is 17.9 Å². The lowest BCUT2D eigenvalue weighted by Crippen LogP contribution is -2.31. The first-order valence-corrected chi connectivity index (χ1v) is 8.53. The van der Waals surface area contributed by atoms with Crippen molar-refractivity contribution in [2.24, 2.45) is 5.92 Å². The number of para-hydroxylation sites is 2. The third-order valence-electron chi connectivity index (χ3n) is 4.24. The molecule has 4 heteroatoms. The van der Waals surface area contributed by atoms with E-state index in [1.54, 1.807) is 6.08 Å². The molecule has 0 aliphatic rings. The van der Waals surface area contributed by atoms with Crippen LogP contribution in [0.4, 0.5) is 0 Å². The van der Waals surface area contributed by atoms with Crippen molar-refractivity contribution < 1.29 is 4.79 Å². The summed E-state index contributed by atoms with van der Waals surface area (Å²) in [5.74, 6) is 0.894. The van der Waals surface area contributed by atoms with E-state index in [1.807, 2.05) is 61.5 Å². The molecule has 128 valence electrons. The molecule has 1 unspecified atom stereocenters. The van der Waals surface area contributed by atoms with Crippen molar-refractivity contribution in [2.45, 2.75) is 26.8 Å². The fraction of sp³-hybridized carbons (Fsp3) is 0.238. The van der Waals surface area contributed by atoms with Crippen molar-refractivity contribution in [1.29, 1.82) is 0 Å². The van der Waals surface area contributed by atoms with E-state index in [9.17, 15) is 4.79 Å². The average Bonchev–Trinajstić information content (AvgIpc) is 3.03. The van der Waals surface area contributed by atoms with E-state index in [2.05, 4.69) is 29.1 Å². The summed E-state index contributed by atoms with van der Waals surface area (Å²) < 4.78 is 0. The van der Waals surface area contributed by atoms with Crippen LogP contribution < -0.4 is 5.32 Å². The van der Waals surface area contributed by atoms with Gasteiger partial charge in [0.05, 0.1) is 17.1 Å². The summed E-state index contributed by atoms with van der Waals surface area (Å²) in [5, 5.41) is 3.09. The van der Waals surface area contributed by atoms with Crippen molar-refractivity contribution in [3.63, 3.8) is 0 Å². The number of H-pyrrole nitrogens is 1. The molecular weight excluding hydrogens is 310 g/mol. The van der Waals surface area contributed by atoms with Gasteiger partial charge in [-0.1, -0.05) is 56.3 Å². The summed E-state index contributed by atoms with van der Waals surface area (Å²) in [6, 6.07) is 17.6. The highest BCUT2D eigenvalue weighted by Crippen LogP contribution is 2.22. The molecule has 1 amide bonds. The first-order valence-electron chi connectivity index (χ1n) is 8.53. The fourth-order valence-corrected chi connectivity index (χ4v) is 2.85. The molecule has 0 saturated carbocycles. The Labute approximate surface area is 148 Å². The van der Waals surface area contributed by atoms with Gasteiger partial charge in [0.25, 0.3) is 0 Å². The summed E-state index contributed by atoms with van der Waals surface area (Å²) in [6.45, 7) is 6.10. The van der Waals surface area contributed by atoms with Crippen LogP contribution in [0, 0.1) is 5.92 Å². The zero-order valence-corrected chi connectivity index (χ0v) is 14.8. The second kappa shape index (κ2) is 7.34. The zero-order valence-electron chi connectivity index (χ0n) is 14.8. The number of carbonyl (C=O) groups is 1. The zero-order chi connectivity index (χ0) is 17.8. The van der Waals surface area contributed by atoms with Crippen LogP contribution in [0.1, 0.15) is 38.2 Å². The molecule has 0 bridgehead atoms. The summed E-state index contributed by atoms with van der Waals surface area (Å²) in [7, 11) is 0. The summed E-state index contributed by atoms with van der Waals surface area (Å²) in [6.07, 6.45) is 1.65. The lowest BCUT2D eigenvalue weighted by Gasteiger charge is -2.19. The number of nitrogens with one attached hydrogen (secondary N) is 2. The largest absolute Gasteiger partial charge is 0.342 e. The maximum Gasteiger partial charge on any atom is 0.244 e. The monoisotopic (exact) mass is 333 g/mol. The van der Waals surface area contributed by atoms with Gasteiger partial charge < -0.3 is 10.3 Å².